The van der Waals surface area contributed by atoms with Gasteiger partial charge in [0.15, 0.2) is 0 Å². The lowest BCUT2D eigenvalue weighted by molar-refractivity contribution is -0.385. The Morgan fingerprint density at radius 2 is 1.14 bits per heavy atom. The summed E-state index contributed by atoms with van der Waals surface area (Å²) < 4.78 is 0. The van der Waals surface area contributed by atoms with E-state index in [1.165, 1.54) is 24.3 Å². The third kappa shape index (κ3) is 3.78. The predicted molar refractivity (Wildman–Crippen MR) is 84.3 cm³/mol. The fraction of sp³-hybridized carbons (Fsp3) is 0.143. The zero-order valence-electron chi connectivity index (χ0n) is 11.4. The van der Waals surface area contributed by atoms with Crippen molar-refractivity contribution in [2.45, 2.75) is 5.92 Å². The summed E-state index contributed by atoms with van der Waals surface area (Å²) in [5.74, 6) is -0.161. The molecule has 0 amide bonds. The van der Waals surface area contributed by atoms with Gasteiger partial charge in [-0.2, -0.15) is 0 Å². The van der Waals surface area contributed by atoms with Gasteiger partial charge in [-0.1, -0.05) is 24.3 Å². The lowest BCUT2D eigenvalue weighted by Crippen LogP contribution is -2.13. The molecule has 8 heteroatoms. The van der Waals surface area contributed by atoms with Crippen molar-refractivity contribution in [3.05, 3.63) is 79.9 Å². The van der Waals surface area contributed by atoms with Gasteiger partial charge in [-0.3, -0.25) is 20.2 Å². The van der Waals surface area contributed by atoms with Crippen molar-refractivity contribution in [3.63, 3.8) is 0 Å². The molecule has 0 saturated heterocycles. The van der Waals surface area contributed by atoms with E-state index in [0.29, 0.717) is 6.54 Å². The molecule has 0 radical (unpaired) electrons. The molecule has 0 aliphatic carbocycles. The first-order valence-electron chi connectivity index (χ1n) is 6.21. The highest BCUT2D eigenvalue weighted by molar-refractivity contribution is 5.85. The van der Waals surface area contributed by atoms with Gasteiger partial charge in [0.05, 0.1) is 9.85 Å². The monoisotopic (exact) mass is 323 g/mol. The third-order valence-corrected chi connectivity index (χ3v) is 3.25. The van der Waals surface area contributed by atoms with E-state index in [2.05, 4.69) is 0 Å². The molecule has 22 heavy (non-hydrogen) atoms. The standard InChI is InChI=1S/C14H13N3O4.ClH/c15-9-14(10-1-5-12(6-2-10)16(18)19)11-3-7-13(8-4-11)17(20)21;/h1-8,14H,9,15H2;1H. The molecule has 2 rings (SSSR count). The van der Waals surface area contributed by atoms with Crippen molar-refractivity contribution in [1.29, 1.82) is 0 Å². The molecule has 2 N–H and O–H groups in total. The Kier molecular flexibility index (Phi) is 5.97. The topological polar surface area (TPSA) is 112 Å². The Morgan fingerprint density at radius 1 is 0.818 bits per heavy atom. The number of hydrogen-bond acceptors (Lipinski definition) is 5. The number of rotatable bonds is 5. The Balaban J connectivity index is 0.00000242. The molecule has 0 fully saturated rings. The van der Waals surface area contributed by atoms with Crippen molar-refractivity contribution >= 4 is 23.8 Å². The highest BCUT2D eigenvalue weighted by atomic mass is 35.5. The molecule has 0 aliphatic rings. The van der Waals surface area contributed by atoms with Gasteiger partial charge in [-0.15, -0.1) is 12.4 Å². The van der Waals surface area contributed by atoms with Gasteiger partial charge >= 0.3 is 0 Å². The van der Waals surface area contributed by atoms with Gasteiger partial charge in [0.1, 0.15) is 0 Å². The van der Waals surface area contributed by atoms with Crippen LogP contribution in [0.1, 0.15) is 17.0 Å². The fourth-order valence-electron chi connectivity index (χ4n) is 2.12. The number of non-ortho nitro benzene ring substituents is 2. The van der Waals surface area contributed by atoms with E-state index in [-0.39, 0.29) is 29.7 Å². The highest BCUT2D eigenvalue weighted by Gasteiger charge is 2.15. The molecule has 0 aromatic heterocycles. The van der Waals surface area contributed by atoms with Crippen LogP contribution >= 0.6 is 12.4 Å². The van der Waals surface area contributed by atoms with Crippen molar-refractivity contribution in [2.75, 3.05) is 6.54 Å². The molecule has 0 unspecified atom stereocenters. The molecule has 0 aliphatic heterocycles. The molecular weight excluding hydrogens is 310 g/mol. The lowest BCUT2D eigenvalue weighted by Gasteiger charge is -2.15. The van der Waals surface area contributed by atoms with Crippen LogP contribution in [0.2, 0.25) is 0 Å². The zero-order chi connectivity index (χ0) is 15.4. The van der Waals surface area contributed by atoms with Gasteiger partial charge in [0, 0.05) is 36.7 Å². The molecular formula is C14H14ClN3O4. The summed E-state index contributed by atoms with van der Waals surface area (Å²) in [5.41, 5.74) is 7.45. The minimum absolute atomic E-state index is 0. The molecule has 0 atom stereocenters. The molecule has 0 saturated carbocycles. The molecule has 0 spiro atoms. The van der Waals surface area contributed by atoms with E-state index >= 15 is 0 Å². The first-order valence-corrected chi connectivity index (χ1v) is 6.21. The van der Waals surface area contributed by atoms with Crippen LogP contribution in [0.25, 0.3) is 0 Å². The zero-order valence-corrected chi connectivity index (χ0v) is 12.2. The van der Waals surface area contributed by atoms with Crippen LogP contribution in [0.5, 0.6) is 0 Å². The van der Waals surface area contributed by atoms with E-state index in [1.807, 2.05) is 0 Å². The van der Waals surface area contributed by atoms with E-state index in [9.17, 15) is 20.2 Å². The SMILES string of the molecule is Cl.NCC(c1ccc([N+](=O)[O-])cc1)c1ccc([N+](=O)[O-])cc1. The molecule has 7 nitrogen and oxygen atoms in total. The summed E-state index contributed by atoms with van der Waals surface area (Å²) in [6, 6.07) is 12.3. The maximum absolute atomic E-state index is 10.6. The van der Waals surface area contributed by atoms with Gasteiger partial charge in [0.25, 0.3) is 11.4 Å². The minimum Gasteiger partial charge on any atom is -0.330 e. The quantitative estimate of drug-likeness (QED) is 0.671. The second kappa shape index (κ2) is 7.48. The molecule has 2 aromatic rings. The number of nitrogens with zero attached hydrogens (tertiary/aromatic N) is 2. The summed E-state index contributed by atoms with van der Waals surface area (Å²) in [6.07, 6.45) is 0. The van der Waals surface area contributed by atoms with Crippen LogP contribution in [0.4, 0.5) is 11.4 Å². The molecule has 116 valence electrons. The number of halogens is 1. The van der Waals surface area contributed by atoms with Crippen LogP contribution in [0.3, 0.4) is 0 Å². The van der Waals surface area contributed by atoms with Crippen molar-refractivity contribution in [2.24, 2.45) is 5.73 Å². The fourth-order valence-corrected chi connectivity index (χ4v) is 2.12. The van der Waals surface area contributed by atoms with Crippen LogP contribution < -0.4 is 5.73 Å². The van der Waals surface area contributed by atoms with Crippen LogP contribution in [0.15, 0.2) is 48.5 Å². The average molecular weight is 324 g/mol. The molecule has 2 aromatic carbocycles. The summed E-state index contributed by atoms with van der Waals surface area (Å²) in [4.78, 5) is 20.3. The number of nitro groups is 2. The Hall–Kier alpha value is -2.51. The van der Waals surface area contributed by atoms with Crippen molar-refractivity contribution in [3.8, 4) is 0 Å². The third-order valence-electron chi connectivity index (χ3n) is 3.25. The number of nitrogens with two attached hydrogens (primary N) is 1. The van der Waals surface area contributed by atoms with Crippen molar-refractivity contribution < 1.29 is 9.85 Å². The van der Waals surface area contributed by atoms with Gasteiger partial charge in [0.2, 0.25) is 0 Å². The Labute approximate surface area is 132 Å². The van der Waals surface area contributed by atoms with Crippen molar-refractivity contribution in [1.82, 2.24) is 0 Å². The Bertz CT molecular complexity index is 601. The molecule has 0 bridgehead atoms. The molecule has 0 heterocycles. The van der Waals surface area contributed by atoms with Gasteiger partial charge in [-0.25, -0.2) is 0 Å². The highest BCUT2D eigenvalue weighted by Crippen LogP contribution is 2.26. The normalized spacial score (nSPS) is 10.1. The first kappa shape index (κ1) is 17.5. The summed E-state index contributed by atoms with van der Waals surface area (Å²) in [6.45, 7) is 0.301. The summed E-state index contributed by atoms with van der Waals surface area (Å²) in [7, 11) is 0. The smallest absolute Gasteiger partial charge is 0.269 e. The second-order valence-electron chi connectivity index (χ2n) is 4.49. The summed E-state index contributed by atoms with van der Waals surface area (Å²) in [5, 5.41) is 21.3. The maximum atomic E-state index is 10.6. The number of benzene rings is 2. The number of hydrogen-bond donors (Lipinski definition) is 1. The Morgan fingerprint density at radius 3 is 1.36 bits per heavy atom. The number of nitro benzene ring substituents is 2. The second-order valence-corrected chi connectivity index (χ2v) is 4.49. The average Bonchev–Trinajstić information content (AvgIpc) is 2.49. The van der Waals surface area contributed by atoms with E-state index in [1.54, 1.807) is 24.3 Å². The van der Waals surface area contributed by atoms with Gasteiger partial charge in [-0.05, 0) is 11.1 Å². The largest absolute Gasteiger partial charge is 0.330 e. The first-order chi connectivity index (χ1) is 10.0. The van der Waals surface area contributed by atoms with E-state index in [4.69, 9.17) is 5.73 Å². The van der Waals surface area contributed by atoms with Gasteiger partial charge < -0.3 is 5.73 Å². The van der Waals surface area contributed by atoms with E-state index in [0.717, 1.165) is 11.1 Å². The van der Waals surface area contributed by atoms with E-state index < -0.39 is 9.85 Å². The van der Waals surface area contributed by atoms with Crippen LogP contribution in [-0.2, 0) is 0 Å². The van der Waals surface area contributed by atoms with Crippen LogP contribution in [0, 0.1) is 20.2 Å². The lowest BCUT2D eigenvalue weighted by atomic mass is 9.91. The minimum atomic E-state index is -0.465. The summed E-state index contributed by atoms with van der Waals surface area (Å²) >= 11 is 0. The predicted octanol–water partition coefficient (Wildman–Crippen LogP) is 3.02. The maximum Gasteiger partial charge on any atom is 0.269 e. The van der Waals surface area contributed by atoms with Crippen LogP contribution in [-0.4, -0.2) is 16.4 Å².